The van der Waals surface area contributed by atoms with Gasteiger partial charge >= 0.3 is 0 Å². The molecule has 2 aromatic rings. The minimum absolute atomic E-state index is 0.00649. The van der Waals surface area contributed by atoms with Crippen LogP contribution in [0.2, 0.25) is 0 Å². The van der Waals surface area contributed by atoms with E-state index < -0.39 is 4.92 Å². The van der Waals surface area contributed by atoms with Crippen LogP contribution in [0.1, 0.15) is 23.8 Å². The molecule has 0 aliphatic heterocycles. The second-order valence-corrected chi connectivity index (χ2v) is 5.46. The molecule has 7 nitrogen and oxygen atoms in total. The van der Waals surface area contributed by atoms with Gasteiger partial charge in [0.2, 0.25) is 0 Å². The Hall–Kier alpha value is -2.32. The van der Waals surface area contributed by atoms with Gasteiger partial charge in [0.15, 0.2) is 0 Å². The van der Waals surface area contributed by atoms with Gasteiger partial charge in [-0.05, 0) is 18.6 Å². The number of nitrogens with one attached hydrogen (secondary N) is 1. The van der Waals surface area contributed by atoms with E-state index in [1.165, 1.54) is 23.5 Å². The highest BCUT2D eigenvalue weighted by Crippen LogP contribution is 2.25. The van der Waals surface area contributed by atoms with Gasteiger partial charge in [0, 0.05) is 23.1 Å². The number of nitro groups is 1. The molecule has 8 heteroatoms. The van der Waals surface area contributed by atoms with E-state index in [2.05, 4.69) is 10.3 Å². The van der Waals surface area contributed by atoms with Gasteiger partial charge in [-0.3, -0.25) is 14.9 Å². The summed E-state index contributed by atoms with van der Waals surface area (Å²) in [6, 6.07) is 5.70. The van der Waals surface area contributed by atoms with Gasteiger partial charge in [-0.1, -0.05) is 6.92 Å². The molecule has 1 heterocycles. The lowest BCUT2D eigenvalue weighted by atomic mass is 10.2. The van der Waals surface area contributed by atoms with Gasteiger partial charge in [-0.15, -0.1) is 11.3 Å². The normalized spacial score (nSPS) is 11.9. The summed E-state index contributed by atoms with van der Waals surface area (Å²) in [5.41, 5.74) is 0.987. The van der Waals surface area contributed by atoms with Crippen molar-refractivity contribution in [1.82, 2.24) is 10.3 Å². The number of thiazole rings is 1. The van der Waals surface area contributed by atoms with Crippen molar-refractivity contribution >= 4 is 22.9 Å². The van der Waals surface area contributed by atoms with Gasteiger partial charge < -0.3 is 10.4 Å². The van der Waals surface area contributed by atoms with E-state index in [-0.39, 0.29) is 29.9 Å². The maximum absolute atomic E-state index is 12.0. The van der Waals surface area contributed by atoms with E-state index in [0.29, 0.717) is 17.0 Å². The summed E-state index contributed by atoms with van der Waals surface area (Å²) in [4.78, 5) is 26.4. The smallest absolute Gasteiger partial charge is 0.271 e. The van der Waals surface area contributed by atoms with Crippen LogP contribution in [0.5, 0.6) is 0 Å². The molecular weight excluding hydrogens is 306 g/mol. The molecule has 0 saturated heterocycles. The number of carbonyl (C=O) groups excluding carboxylic acids is 1. The Kier molecular flexibility index (Phi) is 5.18. The van der Waals surface area contributed by atoms with Crippen LogP contribution >= 0.6 is 11.3 Å². The van der Waals surface area contributed by atoms with Crippen LogP contribution in [0.3, 0.4) is 0 Å². The molecule has 0 fully saturated rings. The summed E-state index contributed by atoms with van der Waals surface area (Å²) in [5.74, 6) is -0.342. The molecule has 1 aromatic carbocycles. The fourth-order valence-electron chi connectivity index (χ4n) is 1.77. The fraction of sp³-hybridized carbons (Fsp3) is 0.286. The zero-order valence-electron chi connectivity index (χ0n) is 11.9. The van der Waals surface area contributed by atoms with E-state index in [1.807, 2.05) is 6.92 Å². The first-order valence-electron chi connectivity index (χ1n) is 6.67. The zero-order chi connectivity index (χ0) is 16.1. The molecule has 22 heavy (non-hydrogen) atoms. The topological polar surface area (TPSA) is 105 Å². The number of non-ortho nitro benzene ring substituents is 1. The first-order chi connectivity index (χ1) is 10.5. The summed E-state index contributed by atoms with van der Waals surface area (Å²) >= 11 is 1.28. The molecule has 0 aliphatic rings. The predicted octanol–water partition coefficient (Wildman–Crippen LogP) is 2.22. The molecular formula is C14H15N3O4S. The highest BCUT2D eigenvalue weighted by atomic mass is 32.1. The van der Waals surface area contributed by atoms with E-state index in [9.17, 15) is 14.9 Å². The van der Waals surface area contributed by atoms with Crippen LogP contribution in [-0.2, 0) is 0 Å². The van der Waals surface area contributed by atoms with Gasteiger partial charge in [0.1, 0.15) is 10.7 Å². The zero-order valence-corrected chi connectivity index (χ0v) is 12.7. The first kappa shape index (κ1) is 16.1. The first-order valence-corrected chi connectivity index (χ1v) is 7.55. The van der Waals surface area contributed by atoms with E-state index in [4.69, 9.17) is 5.11 Å². The van der Waals surface area contributed by atoms with Crippen molar-refractivity contribution < 1.29 is 14.8 Å². The average molecular weight is 321 g/mol. The number of carbonyl (C=O) groups is 1. The molecule has 1 atom stereocenters. The number of nitro benzene ring substituents is 1. The Morgan fingerprint density at radius 2 is 2.14 bits per heavy atom. The predicted molar refractivity (Wildman–Crippen MR) is 82.8 cm³/mol. The Balaban J connectivity index is 2.13. The maximum Gasteiger partial charge on any atom is 0.271 e. The summed E-state index contributed by atoms with van der Waals surface area (Å²) < 4.78 is 0. The van der Waals surface area contributed by atoms with Crippen LogP contribution in [0.15, 0.2) is 29.6 Å². The number of rotatable bonds is 6. The van der Waals surface area contributed by atoms with Gasteiger partial charge in [0.05, 0.1) is 17.6 Å². The van der Waals surface area contributed by atoms with Gasteiger partial charge in [0.25, 0.3) is 11.6 Å². The van der Waals surface area contributed by atoms with Crippen molar-refractivity contribution in [2.75, 3.05) is 6.61 Å². The third kappa shape index (κ3) is 3.66. The Bertz CT molecular complexity index is 665. The highest BCUT2D eigenvalue weighted by Gasteiger charge is 2.15. The lowest BCUT2D eigenvalue weighted by Gasteiger charge is -2.12. The van der Waals surface area contributed by atoms with Crippen LogP contribution < -0.4 is 5.32 Å². The van der Waals surface area contributed by atoms with Gasteiger partial charge in [-0.25, -0.2) is 4.98 Å². The number of benzene rings is 1. The molecule has 0 bridgehead atoms. The maximum atomic E-state index is 12.0. The molecule has 2 N–H and O–H groups in total. The summed E-state index contributed by atoms with van der Waals surface area (Å²) in [6.07, 6.45) is 0.627. The molecule has 0 aliphatic carbocycles. The number of aliphatic hydroxyl groups excluding tert-OH is 1. The third-order valence-electron chi connectivity index (χ3n) is 3.11. The van der Waals surface area contributed by atoms with E-state index in [1.54, 1.807) is 17.5 Å². The van der Waals surface area contributed by atoms with Crippen LogP contribution in [0, 0.1) is 10.1 Å². The lowest BCUT2D eigenvalue weighted by Crippen LogP contribution is -2.37. The Morgan fingerprint density at radius 3 is 2.68 bits per heavy atom. The van der Waals surface area contributed by atoms with Crippen molar-refractivity contribution in [2.24, 2.45) is 0 Å². The van der Waals surface area contributed by atoms with Crippen LogP contribution in [0.25, 0.3) is 10.6 Å². The van der Waals surface area contributed by atoms with E-state index >= 15 is 0 Å². The van der Waals surface area contributed by atoms with Crippen molar-refractivity contribution in [3.05, 3.63) is 45.5 Å². The molecule has 0 radical (unpaired) electrons. The second-order valence-electron chi connectivity index (χ2n) is 4.60. The van der Waals surface area contributed by atoms with Crippen molar-refractivity contribution in [2.45, 2.75) is 19.4 Å². The SMILES string of the molecule is CCC(CO)NC(=O)c1csc(-c2ccc([N+](=O)[O-])cc2)n1. The lowest BCUT2D eigenvalue weighted by molar-refractivity contribution is -0.384. The quantitative estimate of drug-likeness (QED) is 0.627. The Labute approximate surface area is 130 Å². The van der Waals surface area contributed by atoms with Gasteiger partial charge in [-0.2, -0.15) is 0 Å². The second kappa shape index (κ2) is 7.10. The summed E-state index contributed by atoms with van der Waals surface area (Å²) in [6.45, 7) is 1.74. The molecule has 2 rings (SSSR count). The highest BCUT2D eigenvalue weighted by molar-refractivity contribution is 7.13. The average Bonchev–Trinajstić information content (AvgIpc) is 3.02. The molecule has 0 saturated carbocycles. The monoisotopic (exact) mass is 321 g/mol. The number of nitrogens with zero attached hydrogens (tertiary/aromatic N) is 2. The number of aliphatic hydroxyl groups is 1. The van der Waals surface area contributed by atoms with Crippen LogP contribution in [0.4, 0.5) is 5.69 Å². The third-order valence-corrected chi connectivity index (χ3v) is 4.00. The fourth-order valence-corrected chi connectivity index (χ4v) is 2.58. The molecule has 0 spiro atoms. The molecule has 116 valence electrons. The standard InChI is InChI=1S/C14H15N3O4S/c1-2-10(7-18)15-13(19)12-8-22-14(16-12)9-3-5-11(6-4-9)17(20)21/h3-6,8,10,18H,2,7H2,1H3,(H,15,19). The summed E-state index contributed by atoms with van der Waals surface area (Å²) in [5, 5.41) is 24.6. The molecule has 1 aromatic heterocycles. The Morgan fingerprint density at radius 1 is 1.45 bits per heavy atom. The van der Waals surface area contributed by atoms with Crippen molar-refractivity contribution in [1.29, 1.82) is 0 Å². The number of hydrogen-bond acceptors (Lipinski definition) is 6. The largest absolute Gasteiger partial charge is 0.394 e. The van der Waals surface area contributed by atoms with Crippen LogP contribution in [-0.4, -0.2) is 33.6 Å². The van der Waals surface area contributed by atoms with Crippen molar-refractivity contribution in [3.63, 3.8) is 0 Å². The number of amides is 1. The number of hydrogen-bond donors (Lipinski definition) is 2. The molecule has 1 amide bonds. The number of aromatic nitrogens is 1. The van der Waals surface area contributed by atoms with E-state index in [0.717, 1.165) is 0 Å². The summed E-state index contributed by atoms with van der Waals surface area (Å²) in [7, 11) is 0. The minimum atomic E-state index is -0.468. The minimum Gasteiger partial charge on any atom is -0.394 e. The molecule has 1 unspecified atom stereocenters. The van der Waals surface area contributed by atoms with Crippen molar-refractivity contribution in [3.8, 4) is 10.6 Å².